The molecule has 4 rings (SSSR count). The number of carbonyl (C=O) groups excluding carboxylic acids is 1. The van der Waals surface area contributed by atoms with Crippen LogP contribution in [0.1, 0.15) is 49.7 Å². The van der Waals surface area contributed by atoms with Crippen LogP contribution in [-0.2, 0) is 38.5 Å². The molecule has 1 N–H and O–H groups in total. The Labute approximate surface area is 199 Å². The van der Waals surface area contributed by atoms with Gasteiger partial charge in [-0.15, -0.1) is 0 Å². The van der Waals surface area contributed by atoms with E-state index < -0.39 is 5.69 Å². The first-order valence-corrected chi connectivity index (χ1v) is 12.1. The largest absolute Gasteiger partial charge is 0.352 e. The maximum absolute atomic E-state index is 12.5. The molecule has 0 aliphatic carbocycles. The van der Waals surface area contributed by atoms with Crippen molar-refractivity contribution < 1.29 is 4.79 Å². The van der Waals surface area contributed by atoms with Gasteiger partial charge in [0.1, 0.15) is 0 Å². The second kappa shape index (κ2) is 10.8. The highest BCUT2D eigenvalue weighted by atomic mass is 16.2. The van der Waals surface area contributed by atoms with Crippen molar-refractivity contribution in [2.24, 2.45) is 14.1 Å². The number of benzene rings is 1. The number of aryl methyl sites for hydroxylation is 2. The van der Waals surface area contributed by atoms with Gasteiger partial charge in [0, 0.05) is 40.2 Å². The van der Waals surface area contributed by atoms with E-state index in [1.807, 2.05) is 0 Å². The topological polar surface area (TPSA) is 94.2 Å². The minimum atomic E-state index is -0.405. The zero-order valence-electron chi connectivity index (χ0n) is 20.1. The number of likely N-dealkylation sites (tertiary alicyclic amines) is 1. The van der Waals surface area contributed by atoms with Crippen molar-refractivity contribution in [3.63, 3.8) is 0 Å². The van der Waals surface area contributed by atoms with Crippen LogP contribution >= 0.6 is 0 Å². The van der Waals surface area contributed by atoms with Crippen LogP contribution in [-0.4, -0.2) is 42.6 Å². The standard InChI is InChI=1S/C25H34N6O3/c1-28-23-22(24(33)29(2)25(28)34)31(18-27-23)15-7-8-21(32)26-16-19-9-11-20(12-10-19)17-30-13-5-3-4-6-14-30/h9-12,18H,3-8,13-17H2,1-2H3,(H,26,32). The van der Waals surface area contributed by atoms with Crippen LogP contribution in [0.3, 0.4) is 0 Å². The molecule has 1 amide bonds. The number of nitrogens with zero attached hydrogens (tertiary/aromatic N) is 5. The van der Waals surface area contributed by atoms with Gasteiger partial charge in [-0.25, -0.2) is 9.78 Å². The highest BCUT2D eigenvalue weighted by molar-refractivity contribution is 5.75. The Morgan fingerprint density at radius 1 is 0.971 bits per heavy atom. The van der Waals surface area contributed by atoms with Crippen molar-refractivity contribution in [3.05, 3.63) is 62.6 Å². The van der Waals surface area contributed by atoms with Crippen LogP contribution in [0.4, 0.5) is 0 Å². The van der Waals surface area contributed by atoms with Crippen LogP contribution in [0, 0.1) is 0 Å². The maximum Gasteiger partial charge on any atom is 0.332 e. The molecule has 1 aliphatic rings. The predicted octanol–water partition coefficient (Wildman–Crippen LogP) is 1.91. The van der Waals surface area contributed by atoms with Gasteiger partial charge in [-0.3, -0.25) is 23.6 Å². The molecular formula is C25H34N6O3. The number of imidazole rings is 1. The quantitative estimate of drug-likeness (QED) is 0.547. The summed E-state index contributed by atoms with van der Waals surface area (Å²) >= 11 is 0. The molecule has 0 radical (unpaired) electrons. The summed E-state index contributed by atoms with van der Waals surface area (Å²) in [6, 6.07) is 8.49. The Morgan fingerprint density at radius 3 is 2.35 bits per heavy atom. The first-order valence-electron chi connectivity index (χ1n) is 12.1. The summed E-state index contributed by atoms with van der Waals surface area (Å²) in [7, 11) is 3.05. The van der Waals surface area contributed by atoms with Gasteiger partial charge in [0.25, 0.3) is 5.56 Å². The Bertz CT molecular complexity index is 1250. The average Bonchev–Trinajstić information content (AvgIpc) is 3.09. The third-order valence-corrected chi connectivity index (χ3v) is 6.64. The lowest BCUT2D eigenvalue weighted by Gasteiger charge is -2.19. The molecule has 9 heteroatoms. The second-order valence-corrected chi connectivity index (χ2v) is 9.20. The van der Waals surface area contributed by atoms with E-state index in [1.165, 1.54) is 56.0 Å². The third-order valence-electron chi connectivity index (χ3n) is 6.64. The number of amides is 1. The van der Waals surface area contributed by atoms with Crippen LogP contribution in [0.2, 0.25) is 0 Å². The summed E-state index contributed by atoms with van der Waals surface area (Å²) in [6.45, 7) is 4.33. The molecule has 1 aliphatic heterocycles. The lowest BCUT2D eigenvalue weighted by molar-refractivity contribution is -0.121. The molecule has 0 unspecified atom stereocenters. The molecule has 3 aromatic rings. The molecule has 0 spiro atoms. The fourth-order valence-electron chi connectivity index (χ4n) is 4.58. The van der Waals surface area contributed by atoms with E-state index in [-0.39, 0.29) is 11.5 Å². The molecule has 0 saturated carbocycles. The van der Waals surface area contributed by atoms with E-state index >= 15 is 0 Å². The maximum atomic E-state index is 12.5. The van der Waals surface area contributed by atoms with Crippen molar-refractivity contribution in [1.82, 2.24) is 28.9 Å². The van der Waals surface area contributed by atoms with Gasteiger partial charge in [0.05, 0.1) is 6.33 Å². The van der Waals surface area contributed by atoms with Crippen molar-refractivity contribution in [2.45, 2.75) is 58.2 Å². The van der Waals surface area contributed by atoms with Crippen LogP contribution in [0.5, 0.6) is 0 Å². The molecule has 34 heavy (non-hydrogen) atoms. The van der Waals surface area contributed by atoms with Gasteiger partial charge in [-0.05, 0) is 43.5 Å². The zero-order chi connectivity index (χ0) is 24.1. The van der Waals surface area contributed by atoms with Gasteiger partial charge in [-0.2, -0.15) is 0 Å². The summed E-state index contributed by atoms with van der Waals surface area (Å²) in [5.74, 6) is -0.0293. The monoisotopic (exact) mass is 466 g/mol. The molecule has 0 bridgehead atoms. The molecule has 1 saturated heterocycles. The minimum Gasteiger partial charge on any atom is -0.352 e. The second-order valence-electron chi connectivity index (χ2n) is 9.20. The van der Waals surface area contributed by atoms with Crippen molar-refractivity contribution in [1.29, 1.82) is 0 Å². The number of nitrogens with one attached hydrogen (secondary N) is 1. The Hall–Kier alpha value is -3.20. The van der Waals surface area contributed by atoms with E-state index in [9.17, 15) is 14.4 Å². The van der Waals surface area contributed by atoms with Crippen LogP contribution in [0.15, 0.2) is 40.2 Å². The third kappa shape index (κ3) is 5.47. The predicted molar refractivity (Wildman–Crippen MR) is 131 cm³/mol. The Kier molecular flexibility index (Phi) is 7.62. The van der Waals surface area contributed by atoms with Crippen molar-refractivity contribution >= 4 is 17.1 Å². The molecule has 9 nitrogen and oxygen atoms in total. The summed E-state index contributed by atoms with van der Waals surface area (Å²) < 4.78 is 4.15. The SMILES string of the molecule is Cn1c(=O)c2c(ncn2CCCC(=O)NCc2ccc(CN3CCCCCC3)cc2)n(C)c1=O. The molecular weight excluding hydrogens is 432 g/mol. The highest BCUT2D eigenvalue weighted by Crippen LogP contribution is 2.14. The first-order chi connectivity index (χ1) is 16.4. The summed E-state index contributed by atoms with van der Waals surface area (Å²) in [6.07, 6.45) is 7.73. The molecule has 0 atom stereocenters. The van der Waals surface area contributed by atoms with Gasteiger partial charge in [0.2, 0.25) is 5.91 Å². The smallest absolute Gasteiger partial charge is 0.332 e. The number of hydrogen-bond donors (Lipinski definition) is 1. The van der Waals surface area contributed by atoms with Gasteiger partial charge in [0.15, 0.2) is 11.2 Å². The summed E-state index contributed by atoms with van der Waals surface area (Å²) in [5.41, 5.74) is 2.35. The van der Waals surface area contributed by atoms with E-state index in [1.54, 1.807) is 17.9 Å². The van der Waals surface area contributed by atoms with E-state index in [2.05, 4.69) is 39.5 Å². The van der Waals surface area contributed by atoms with Gasteiger partial charge >= 0.3 is 5.69 Å². The lowest BCUT2D eigenvalue weighted by Crippen LogP contribution is -2.37. The molecule has 1 fully saturated rings. The number of aromatic nitrogens is 4. The molecule has 2 aromatic heterocycles. The molecule has 3 heterocycles. The van der Waals surface area contributed by atoms with E-state index in [0.717, 1.165) is 16.7 Å². The van der Waals surface area contributed by atoms with Crippen molar-refractivity contribution in [2.75, 3.05) is 13.1 Å². The van der Waals surface area contributed by atoms with Crippen LogP contribution in [0.25, 0.3) is 11.2 Å². The normalized spacial score (nSPS) is 14.9. The minimum absolute atomic E-state index is 0.0293. The molecule has 182 valence electrons. The Morgan fingerprint density at radius 2 is 1.65 bits per heavy atom. The highest BCUT2D eigenvalue weighted by Gasteiger charge is 2.14. The average molecular weight is 467 g/mol. The lowest BCUT2D eigenvalue weighted by atomic mass is 10.1. The van der Waals surface area contributed by atoms with E-state index in [0.29, 0.717) is 37.1 Å². The number of rotatable bonds is 8. The zero-order valence-corrected chi connectivity index (χ0v) is 20.1. The van der Waals surface area contributed by atoms with Crippen LogP contribution < -0.4 is 16.6 Å². The van der Waals surface area contributed by atoms with E-state index in [4.69, 9.17) is 0 Å². The first kappa shape index (κ1) is 23.9. The fraction of sp³-hybridized carbons (Fsp3) is 0.520. The summed E-state index contributed by atoms with van der Waals surface area (Å²) in [4.78, 5) is 43.6. The molecule has 1 aromatic carbocycles. The fourth-order valence-corrected chi connectivity index (χ4v) is 4.58. The summed E-state index contributed by atoms with van der Waals surface area (Å²) in [5, 5.41) is 2.98. The van der Waals surface area contributed by atoms with Gasteiger partial charge in [-0.1, -0.05) is 37.1 Å². The Balaban J connectivity index is 1.25. The number of carbonyl (C=O) groups is 1. The van der Waals surface area contributed by atoms with Crippen molar-refractivity contribution in [3.8, 4) is 0 Å². The number of fused-ring (bicyclic) bond motifs is 1. The number of hydrogen-bond acceptors (Lipinski definition) is 5. The van der Waals surface area contributed by atoms with Gasteiger partial charge < -0.3 is 9.88 Å².